The Balaban J connectivity index is 2.10. The molecule has 0 radical (unpaired) electrons. The molecule has 1 unspecified atom stereocenters. The van der Waals surface area contributed by atoms with Gasteiger partial charge >= 0.3 is 5.97 Å². The Morgan fingerprint density at radius 3 is 2.86 bits per heavy atom. The summed E-state index contributed by atoms with van der Waals surface area (Å²) in [6.45, 7) is 1.04. The van der Waals surface area contributed by atoms with Crippen molar-refractivity contribution in [2.45, 2.75) is 31.9 Å². The van der Waals surface area contributed by atoms with Gasteiger partial charge in [-0.3, -0.25) is 4.79 Å². The van der Waals surface area contributed by atoms with Crippen molar-refractivity contribution in [3.63, 3.8) is 0 Å². The molecule has 7 heteroatoms. The third-order valence-corrected chi connectivity index (χ3v) is 4.31. The van der Waals surface area contributed by atoms with Crippen LogP contribution in [0.4, 0.5) is 0 Å². The maximum atomic E-state index is 10.9. The van der Waals surface area contributed by atoms with E-state index in [4.69, 9.17) is 33.0 Å². The number of carboxylic acid groups (broad SMARTS) is 1. The molecule has 1 atom stereocenters. The van der Waals surface area contributed by atoms with E-state index in [0.717, 1.165) is 24.2 Å². The van der Waals surface area contributed by atoms with Crippen LogP contribution in [-0.4, -0.2) is 27.2 Å². The lowest BCUT2D eigenvalue weighted by molar-refractivity contribution is -0.137. The highest BCUT2D eigenvalue weighted by Crippen LogP contribution is 2.33. The smallest absolute Gasteiger partial charge is 0.305 e. The van der Waals surface area contributed by atoms with Gasteiger partial charge in [-0.05, 0) is 25.0 Å². The minimum absolute atomic E-state index is 0.0193. The number of benzene rings is 1. The Morgan fingerprint density at radius 2 is 2.19 bits per heavy atom. The summed E-state index contributed by atoms with van der Waals surface area (Å²) in [6.07, 6.45) is 1.79. The van der Waals surface area contributed by atoms with Crippen LogP contribution in [0.3, 0.4) is 0 Å². The van der Waals surface area contributed by atoms with Gasteiger partial charge in [-0.15, -0.1) is 0 Å². The van der Waals surface area contributed by atoms with Crippen molar-refractivity contribution in [2.24, 2.45) is 0 Å². The maximum absolute atomic E-state index is 10.9. The molecule has 0 saturated carbocycles. The van der Waals surface area contributed by atoms with Crippen molar-refractivity contribution in [1.29, 1.82) is 0 Å². The monoisotopic (exact) mass is 328 g/mol. The van der Waals surface area contributed by atoms with Crippen LogP contribution in [0.2, 0.25) is 10.0 Å². The van der Waals surface area contributed by atoms with Gasteiger partial charge in [-0.1, -0.05) is 23.2 Å². The normalized spacial score (nSPS) is 18.5. The number of hydrogen-bond donors (Lipinski definition) is 1. The van der Waals surface area contributed by atoms with Crippen LogP contribution < -0.4 is 0 Å². The van der Waals surface area contributed by atoms with Crippen LogP contribution in [0, 0.1) is 0 Å². The average molecular weight is 329 g/mol. The number of hydrogen-bond acceptors (Lipinski definition) is 3. The number of rotatable bonds is 4. The molecule has 1 aromatic heterocycles. The summed E-state index contributed by atoms with van der Waals surface area (Å²) in [7, 11) is 0. The summed E-state index contributed by atoms with van der Waals surface area (Å²) in [5, 5.41) is 9.79. The summed E-state index contributed by atoms with van der Waals surface area (Å²) in [5.41, 5.74) is 1.50. The molecule has 2 aromatic rings. The van der Waals surface area contributed by atoms with E-state index in [1.807, 2.05) is 4.57 Å². The fourth-order valence-electron chi connectivity index (χ4n) is 2.61. The summed E-state index contributed by atoms with van der Waals surface area (Å²) >= 11 is 12.1. The molecule has 1 N–H and O–H groups in total. The number of ether oxygens (including phenoxy) is 1. The molecule has 1 aromatic carbocycles. The van der Waals surface area contributed by atoms with E-state index in [0.29, 0.717) is 28.7 Å². The topological polar surface area (TPSA) is 64.3 Å². The van der Waals surface area contributed by atoms with Crippen molar-refractivity contribution < 1.29 is 14.6 Å². The van der Waals surface area contributed by atoms with Gasteiger partial charge in [-0.2, -0.15) is 0 Å². The Bertz CT molecular complexity index is 693. The molecule has 3 rings (SSSR count). The molecule has 5 nitrogen and oxygen atoms in total. The lowest BCUT2D eigenvalue weighted by atomic mass is 10.2. The molecule has 1 aliphatic heterocycles. The predicted molar refractivity (Wildman–Crippen MR) is 79.9 cm³/mol. The Morgan fingerprint density at radius 1 is 1.43 bits per heavy atom. The zero-order chi connectivity index (χ0) is 15.0. The standard InChI is InChI=1S/C14H14Cl2N2O3/c15-8-6-10-11(7-9(8)16)18(4-3-13(19)20)14(17-10)12-2-1-5-21-12/h6-7,12H,1-5H2,(H,19,20). The molecule has 1 saturated heterocycles. The van der Waals surface area contributed by atoms with Crippen molar-refractivity contribution in [1.82, 2.24) is 9.55 Å². The SMILES string of the molecule is O=C(O)CCn1c(C2CCCO2)nc2cc(Cl)c(Cl)cc21. The van der Waals surface area contributed by atoms with Gasteiger partial charge in [-0.25, -0.2) is 4.98 Å². The Kier molecular flexibility index (Phi) is 4.06. The van der Waals surface area contributed by atoms with Gasteiger partial charge in [0.1, 0.15) is 11.9 Å². The van der Waals surface area contributed by atoms with E-state index in [1.165, 1.54) is 0 Å². The molecule has 112 valence electrons. The number of carbonyl (C=O) groups is 1. The fourth-order valence-corrected chi connectivity index (χ4v) is 2.92. The van der Waals surface area contributed by atoms with E-state index >= 15 is 0 Å². The first-order valence-corrected chi connectivity index (χ1v) is 7.50. The third-order valence-electron chi connectivity index (χ3n) is 3.59. The average Bonchev–Trinajstić information content (AvgIpc) is 3.04. The number of imidazole rings is 1. The first kappa shape index (κ1) is 14.6. The molecule has 0 aliphatic carbocycles. The molecule has 2 heterocycles. The summed E-state index contributed by atoms with van der Waals surface area (Å²) in [4.78, 5) is 15.4. The van der Waals surface area contributed by atoms with Gasteiger partial charge in [0, 0.05) is 13.2 Å². The van der Waals surface area contributed by atoms with Crippen LogP contribution in [0.15, 0.2) is 12.1 Å². The lowest BCUT2D eigenvalue weighted by Gasteiger charge is -2.12. The van der Waals surface area contributed by atoms with E-state index < -0.39 is 5.97 Å². The molecular formula is C14H14Cl2N2O3. The largest absolute Gasteiger partial charge is 0.481 e. The van der Waals surface area contributed by atoms with Crippen molar-refractivity contribution in [2.75, 3.05) is 6.61 Å². The van der Waals surface area contributed by atoms with E-state index in [2.05, 4.69) is 4.98 Å². The van der Waals surface area contributed by atoms with Gasteiger partial charge in [0.25, 0.3) is 0 Å². The summed E-state index contributed by atoms with van der Waals surface area (Å²) in [6, 6.07) is 3.43. The highest BCUT2D eigenvalue weighted by atomic mass is 35.5. The quantitative estimate of drug-likeness (QED) is 0.929. The molecule has 0 bridgehead atoms. The first-order valence-electron chi connectivity index (χ1n) is 6.75. The Hall–Kier alpha value is -1.30. The van der Waals surface area contributed by atoms with Crippen molar-refractivity contribution in [3.8, 4) is 0 Å². The molecule has 0 spiro atoms. The highest BCUT2D eigenvalue weighted by Gasteiger charge is 2.25. The summed E-state index contributed by atoms with van der Waals surface area (Å²) < 4.78 is 7.56. The van der Waals surface area contributed by atoms with Gasteiger partial charge in [0.05, 0.1) is 27.5 Å². The van der Waals surface area contributed by atoms with Crippen LogP contribution in [-0.2, 0) is 16.1 Å². The predicted octanol–water partition coefficient (Wildman–Crippen LogP) is 3.67. The number of aromatic nitrogens is 2. The Labute approximate surface area is 131 Å². The second kappa shape index (κ2) is 5.83. The number of nitrogens with zero attached hydrogens (tertiary/aromatic N) is 2. The van der Waals surface area contributed by atoms with Crippen LogP contribution in [0.25, 0.3) is 11.0 Å². The minimum Gasteiger partial charge on any atom is -0.481 e. The van der Waals surface area contributed by atoms with Crippen molar-refractivity contribution in [3.05, 3.63) is 28.0 Å². The lowest BCUT2D eigenvalue weighted by Crippen LogP contribution is -2.11. The first-order chi connectivity index (χ1) is 10.1. The number of aliphatic carboxylic acids is 1. The van der Waals surface area contributed by atoms with Crippen LogP contribution in [0.1, 0.15) is 31.2 Å². The van der Waals surface area contributed by atoms with Crippen LogP contribution in [0.5, 0.6) is 0 Å². The molecule has 1 aliphatic rings. The van der Waals surface area contributed by atoms with Gasteiger partial charge in [0.15, 0.2) is 0 Å². The summed E-state index contributed by atoms with van der Waals surface area (Å²) in [5.74, 6) is -0.0997. The third kappa shape index (κ3) is 2.86. The number of aryl methyl sites for hydroxylation is 1. The molecule has 21 heavy (non-hydrogen) atoms. The maximum Gasteiger partial charge on any atom is 0.305 e. The van der Waals surface area contributed by atoms with Crippen LogP contribution >= 0.6 is 23.2 Å². The number of fused-ring (bicyclic) bond motifs is 1. The second-order valence-electron chi connectivity index (χ2n) is 5.02. The van der Waals surface area contributed by atoms with Crippen molar-refractivity contribution >= 4 is 40.2 Å². The van der Waals surface area contributed by atoms with Gasteiger partial charge < -0.3 is 14.4 Å². The van der Waals surface area contributed by atoms with E-state index in [9.17, 15) is 4.79 Å². The number of halogens is 2. The van der Waals surface area contributed by atoms with Gasteiger partial charge in [0.2, 0.25) is 0 Å². The number of carboxylic acids is 1. The van der Waals surface area contributed by atoms with E-state index in [-0.39, 0.29) is 12.5 Å². The van der Waals surface area contributed by atoms with E-state index in [1.54, 1.807) is 12.1 Å². The zero-order valence-corrected chi connectivity index (χ0v) is 12.7. The molecule has 1 fully saturated rings. The highest BCUT2D eigenvalue weighted by molar-refractivity contribution is 6.42. The molecular weight excluding hydrogens is 315 g/mol. The minimum atomic E-state index is -0.852. The second-order valence-corrected chi connectivity index (χ2v) is 5.84. The fraction of sp³-hybridized carbons (Fsp3) is 0.429. The molecule has 0 amide bonds. The zero-order valence-electron chi connectivity index (χ0n) is 11.2.